The Morgan fingerprint density at radius 3 is 2.78 bits per heavy atom. The molecule has 0 unspecified atom stereocenters. The second kappa shape index (κ2) is 7.21. The molecule has 1 fully saturated rings. The van der Waals surface area contributed by atoms with Gasteiger partial charge in [-0.25, -0.2) is 9.78 Å². The Bertz CT molecular complexity index is 579. The van der Waals surface area contributed by atoms with E-state index in [1.807, 2.05) is 20.8 Å². The average Bonchev–Trinajstić information content (AvgIpc) is 2.47. The molecule has 2 heterocycles. The van der Waals surface area contributed by atoms with Gasteiger partial charge in [-0.15, -0.1) is 0 Å². The van der Waals surface area contributed by atoms with Gasteiger partial charge in [0.05, 0.1) is 10.5 Å². The van der Waals surface area contributed by atoms with E-state index in [0.717, 1.165) is 16.7 Å². The zero-order chi connectivity index (χ0) is 17.2. The summed E-state index contributed by atoms with van der Waals surface area (Å²) in [5.74, 6) is 0.757. The van der Waals surface area contributed by atoms with Crippen LogP contribution in [0.25, 0.3) is 0 Å². The molecule has 0 spiro atoms. The first-order chi connectivity index (χ1) is 10.7. The Balaban J connectivity index is 2.12. The zero-order valence-corrected chi connectivity index (χ0v) is 16.2. The minimum atomic E-state index is -0.490. The summed E-state index contributed by atoms with van der Waals surface area (Å²) < 4.78 is 6.30. The number of nitrogens with zero attached hydrogens (tertiary/aromatic N) is 4. The largest absolute Gasteiger partial charge is 0.444 e. The number of carbonyl (C=O) groups excluding carboxylic acids is 1. The van der Waals surface area contributed by atoms with E-state index in [1.165, 1.54) is 0 Å². The number of hydrogen-bond acceptors (Lipinski definition) is 5. The number of anilines is 1. The number of halogens is 2. The highest BCUT2D eigenvalue weighted by Gasteiger charge is 2.33. The quantitative estimate of drug-likeness (QED) is 0.702. The van der Waals surface area contributed by atoms with Gasteiger partial charge in [0.15, 0.2) is 0 Å². The molecule has 1 saturated heterocycles. The van der Waals surface area contributed by atoms with Crippen LogP contribution >= 0.6 is 27.5 Å². The molecule has 6 nitrogen and oxygen atoms in total. The first-order valence-electron chi connectivity index (χ1n) is 7.64. The number of hydrogen-bond donors (Lipinski definition) is 0. The Morgan fingerprint density at radius 1 is 1.48 bits per heavy atom. The Labute approximate surface area is 150 Å². The molecule has 1 amide bonds. The van der Waals surface area contributed by atoms with Crippen molar-refractivity contribution in [2.24, 2.45) is 0 Å². The third-order valence-electron chi connectivity index (χ3n) is 3.58. The molecule has 0 aliphatic carbocycles. The van der Waals surface area contributed by atoms with Gasteiger partial charge in [-0.2, -0.15) is 4.98 Å². The minimum absolute atomic E-state index is 0.0687. The predicted octanol–water partition coefficient (Wildman–Crippen LogP) is 3.73. The van der Waals surface area contributed by atoms with Crippen LogP contribution in [0.4, 0.5) is 10.6 Å². The highest BCUT2D eigenvalue weighted by atomic mass is 79.9. The first kappa shape index (κ1) is 18.3. The minimum Gasteiger partial charge on any atom is -0.444 e. The lowest BCUT2D eigenvalue weighted by Crippen LogP contribution is -2.56. The molecule has 0 aromatic carbocycles. The van der Waals surface area contributed by atoms with E-state index in [2.05, 4.69) is 37.7 Å². The van der Waals surface area contributed by atoms with E-state index in [9.17, 15) is 4.79 Å². The molecule has 2 rings (SSSR count). The predicted molar refractivity (Wildman–Crippen MR) is 94.0 cm³/mol. The second-order valence-corrected chi connectivity index (χ2v) is 7.68. The average molecular weight is 406 g/mol. The lowest BCUT2D eigenvalue weighted by atomic mass is 10.1. The number of amides is 1. The summed E-state index contributed by atoms with van der Waals surface area (Å²) in [4.78, 5) is 24.5. The number of ether oxygens (including phenoxy) is 1. The SMILES string of the molecule is CC[C@@H]1CN(c2nc(Cl)ncc2Br)CCN1C(=O)OC(C)(C)C. The third-order valence-corrected chi connectivity index (χ3v) is 4.32. The van der Waals surface area contributed by atoms with Crippen molar-refractivity contribution >= 4 is 39.4 Å². The van der Waals surface area contributed by atoms with Crippen molar-refractivity contribution in [1.82, 2.24) is 14.9 Å². The molecule has 0 saturated carbocycles. The van der Waals surface area contributed by atoms with Crippen LogP contribution in [-0.4, -0.2) is 52.2 Å². The molecular weight excluding hydrogens is 384 g/mol. The van der Waals surface area contributed by atoms with Crippen LogP contribution in [0.1, 0.15) is 34.1 Å². The fraction of sp³-hybridized carbons (Fsp3) is 0.667. The lowest BCUT2D eigenvalue weighted by Gasteiger charge is -2.42. The van der Waals surface area contributed by atoms with E-state index in [0.29, 0.717) is 19.6 Å². The van der Waals surface area contributed by atoms with E-state index in [-0.39, 0.29) is 17.4 Å². The maximum atomic E-state index is 12.4. The Hall–Kier alpha value is -1.08. The molecule has 23 heavy (non-hydrogen) atoms. The molecule has 1 aliphatic rings. The number of piperazine rings is 1. The lowest BCUT2D eigenvalue weighted by molar-refractivity contribution is 0.0136. The number of carbonyl (C=O) groups is 1. The van der Waals surface area contributed by atoms with Gasteiger partial charge >= 0.3 is 6.09 Å². The third kappa shape index (κ3) is 4.70. The van der Waals surface area contributed by atoms with Gasteiger partial charge in [0, 0.05) is 25.8 Å². The summed E-state index contributed by atoms with van der Waals surface area (Å²) in [6, 6.07) is 0.0687. The van der Waals surface area contributed by atoms with Crippen molar-refractivity contribution in [2.45, 2.75) is 45.8 Å². The molecular formula is C15H22BrClN4O2. The fourth-order valence-corrected chi connectivity index (χ4v) is 3.09. The molecule has 1 atom stereocenters. The topological polar surface area (TPSA) is 58.6 Å². The maximum absolute atomic E-state index is 12.4. The first-order valence-corrected chi connectivity index (χ1v) is 8.81. The molecule has 1 aromatic rings. The summed E-state index contributed by atoms with van der Waals surface area (Å²) in [5, 5.41) is 0.214. The van der Waals surface area contributed by atoms with E-state index < -0.39 is 5.60 Å². The fourth-order valence-electron chi connectivity index (χ4n) is 2.52. The van der Waals surface area contributed by atoms with Crippen LogP contribution < -0.4 is 4.90 Å². The van der Waals surface area contributed by atoms with Crippen molar-refractivity contribution in [3.8, 4) is 0 Å². The molecule has 128 valence electrons. The van der Waals surface area contributed by atoms with Crippen molar-refractivity contribution in [1.29, 1.82) is 0 Å². The number of rotatable bonds is 2. The van der Waals surface area contributed by atoms with E-state index in [1.54, 1.807) is 11.1 Å². The molecule has 1 aromatic heterocycles. The van der Waals surface area contributed by atoms with E-state index >= 15 is 0 Å². The van der Waals surface area contributed by atoms with Gasteiger partial charge in [0.2, 0.25) is 5.28 Å². The van der Waals surface area contributed by atoms with Gasteiger partial charge in [0.25, 0.3) is 0 Å². The van der Waals surface area contributed by atoms with Crippen LogP contribution in [0.3, 0.4) is 0 Å². The van der Waals surface area contributed by atoms with Crippen molar-refractivity contribution in [3.63, 3.8) is 0 Å². The van der Waals surface area contributed by atoms with Crippen LogP contribution in [0.15, 0.2) is 10.7 Å². The van der Waals surface area contributed by atoms with Gasteiger partial charge < -0.3 is 14.5 Å². The summed E-state index contributed by atoms with van der Waals surface area (Å²) in [7, 11) is 0. The van der Waals surface area contributed by atoms with Crippen LogP contribution in [0.2, 0.25) is 5.28 Å². The molecule has 1 aliphatic heterocycles. The monoisotopic (exact) mass is 404 g/mol. The zero-order valence-electron chi connectivity index (χ0n) is 13.8. The molecule has 0 radical (unpaired) electrons. The van der Waals surface area contributed by atoms with Crippen LogP contribution in [0.5, 0.6) is 0 Å². The highest BCUT2D eigenvalue weighted by Crippen LogP contribution is 2.27. The standard InChI is InChI=1S/C15H22BrClN4O2/c1-5-10-9-20(12-11(16)8-18-13(17)19-12)6-7-21(10)14(22)23-15(2,3)4/h8,10H,5-7,9H2,1-4H3/t10-/m1/s1. The molecule has 0 bridgehead atoms. The number of aromatic nitrogens is 2. The summed E-state index contributed by atoms with van der Waals surface area (Å²) in [6.45, 7) is 9.63. The van der Waals surface area contributed by atoms with Crippen molar-refractivity contribution in [2.75, 3.05) is 24.5 Å². The van der Waals surface area contributed by atoms with Crippen LogP contribution in [0, 0.1) is 0 Å². The van der Waals surface area contributed by atoms with E-state index in [4.69, 9.17) is 16.3 Å². The van der Waals surface area contributed by atoms with Gasteiger partial charge in [-0.3, -0.25) is 0 Å². The van der Waals surface area contributed by atoms with Gasteiger partial charge in [-0.05, 0) is 54.7 Å². The second-order valence-electron chi connectivity index (χ2n) is 6.49. The smallest absolute Gasteiger partial charge is 0.410 e. The Kier molecular flexibility index (Phi) is 5.73. The van der Waals surface area contributed by atoms with Crippen molar-refractivity contribution < 1.29 is 9.53 Å². The summed E-state index contributed by atoms with van der Waals surface area (Å²) in [5.41, 5.74) is -0.490. The van der Waals surface area contributed by atoms with Crippen molar-refractivity contribution in [3.05, 3.63) is 16.0 Å². The normalized spacial score (nSPS) is 19.0. The van der Waals surface area contributed by atoms with Gasteiger partial charge in [0.1, 0.15) is 11.4 Å². The van der Waals surface area contributed by atoms with Crippen LogP contribution in [-0.2, 0) is 4.74 Å². The summed E-state index contributed by atoms with van der Waals surface area (Å²) >= 11 is 9.36. The Morgan fingerprint density at radius 2 is 2.17 bits per heavy atom. The summed E-state index contributed by atoms with van der Waals surface area (Å²) in [6.07, 6.45) is 2.22. The molecule has 0 N–H and O–H groups in total. The molecule has 8 heteroatoms. The maximum Gasteiger partial charge on any atom is 0.410 e. The highest BCUT2D eigenvalue weighted by molar-refractivity contribution is 9.10. The van der Waals surface area contributed by atoms with Gasteiger partial charge in [-0.1, -0.05) is 6.92 Å².